The van der Waals surface area contributed by atoms with Crippen LogP contribution in [0.4, 0.5) is 5.82 Å². The summed E-state index contributed by atoms with van der Waals surface area (Å²) in [5.41, 5.74) is 1.14. The number of rotatable bonds is 7. The van der Waals surface area contributed by atoms with E-state index in [1.807, 2.05) is 38.1 Å². The summed E-state index contributed by atoms with van der Waals surface area (Å²) in [7, 11) is 0. The van der Waals surface area contributed by atoms with Gasteiger partial charge in [-0.25, -0.2) is 4.98 Å². The van der Waals surface area contributed by atoms with Crippen molar-refractivity contribution in [3.8, 4) is 5.88 Å². The van der Waals surface area contributed by atoms with E-state index in [2.05, 4.69) is 34.3 Å². The number of hydrogen-bond donors (Lipinski definition) is 1. The van der Waals surface area contributed by atoms with Crippen molar-refractivity contribution in [1.29, 1.82) is 0 Å². The Balaban J connectivity index is 2.14. The molecule has 0 radical (unpaired) electrons. The summed E-state index contributed by atoms with van der Waals surface area (Å²) >= 11 is 0. The number of aromatic nitrogens is 2. The Labute approximate surface area is 126 Å². The second-order valence-corrected chi connectivity index (χ2v) is 4.96. The first kappa shape index (κ1) is 15.3. The van der Waals surface area contributed by atoms with Gasteiger partial charge in [-0.05, 0) is 18.9 Å². The lowest BCUT2D eigenvalue weighted by molar-refractivity contribution is 0.216. The molecule has 0 spiro atoms. The van der Waals surface area contributed by atoms with Gasteiger partial charge in [0.2, 0.25) is 5.88 Å². The molecule has 0 aliphatic carbocycles. The minimum atomic E-state index is -0.0372. The van der Waals surface area contributed by atoms with Gasteiger partial charge in [0.1, 0.15) is 17.7 Å². The Morgan fingerprint density at radius 2 is 1.90 bits per heavy atom. The summed E-state index contributed by atoms with van der Waals surface area (Å²) in [6, 6.07) is 12.0. The summed E-state index contributed by atoms with van der Waals surface area (Å²) in [6.07, 6.45) is 1.81. The van der Waals surface area contributed by atoms with Gasteiger partial charge in [-0.2, -0.15) is 4.98 Å². The number of benzene rings is 1. The number of ether oxygens (including phenoxy) is 1. The molecule has 112 valence electrons. The van der Waals surface area contributed by atoms with Gasteiger partial charge in [0.05, 0.1) is 0 Å². The van der Waals surface area contributed by atoms with Crippen molar-refractivity contribution in [3.05, 3.63) is 47.8 Å². The van der Waals surface area contributed by atoms with Crippen molar-refractivity contribution < 1.29 is 4.74 Å². The van der Waals surface area contributed by atoms with E-state index in [1.165, 1.54) is 0 Å². The Kier molecular flexibility index (Phi) is 5.55. The van der Waals surface area contributed by atoms with E-state index in [1.54, 1.807) is 0 Å². The highest BCUT2D eigenvalue weighted by molar-refractivity contribution is 5.38. The second kappa shape index (κ2) is 7.62. The molecule has 21 heavy (non-hydrogen) atoms. The van der Waals surface area contributed by atoms with E-state index in [-0.39, 0.29) is 6.10 Å². The van der Waals surface area contributed by atoms with Crippen LogP contribution in [-0.2, 0) is 6.42 Å². The van der Waals surface area contributed by atoms with Gasteiger partial charge < -0.3 is 10.1 Å². The zero-order valence-corrected chi connectivity index (χ0v) is 13.0. The average molecular weight is 285 g/mol. The Morgan fingerprint density at radius 1 is 1.14 bits per heavy atom. The molecule has 1 aromatic carbocycles. The highest BCUT2D eigenvalue weighted by Gasteiger charge is 2.10. The van der Waals surface area contributed by atoms with Gasteiger partial charge in [-0.3, -0.25) is 0 Å². The number of anilines is 1. The predicted octanol–water partition coefficient (Wildman–Crippen LogP) is 4.00. The summed E-state index contributed by atoms with van der Waals surface area (Å²) in [4.78, 5) is 8.92. The van der Waals surface area contributed by atoms with E-state index in [0.29, 0.717) is 5.88 Å². The van der Waals surface area contributed by atoms with Gasteiger partial charge in [0.25, 0.3) is 0 Å². The van der Waals surface area contributed by atoms with Crippen LogP contribution >= 0.6 is 0 Å². The number of hydrogen-bond acceptors (Lipinski definition) is 4. The summed E-state index contributed by atoms with van der Waals surface area (Å²) in [5, 5.41) is 3.29. The van der Waals surface area contributed by atoms with Crippen LogP contribution in [0.1, 0.15) is 44.7 Å². The van der Waals surface area contributed by atoms with Crippen LogP contribution in [0, 0.1) is 0 Å². The standard InChI is InChI=1S/C17H23N3O/c1-4-11-18-16-12-17(20-15(5-2)19-16)21-13(3)14-9-7-6-8-10-14/h6-10,12-13H,4-5,11H2,1-3H3,(H,18,19,20). The second-order valence-electron chi connectivity index (χ2n) is 4.96. The number of nitrogens with one attached hydrogen (secondary N) is 1. The lowest BCUT2D eigenvalue weighted by Crippen LogP contribution is -2.09. The lowest BCUT2D eigenvalue weighted by Gasteiger charge is -2.15. The third kappa shape index (κ3) is 4.45. The lowest BCUT2D eigenvalue weighted by atomic mass is 10.1. The molecule has 0 amide bonds. The molecule has 1 heterocycles. The van der Waals surface area contributed by atoms with Crippen molar-refractivity contribution in [2.75, 3.05) is 11.9 Å². The maximum atomic E-state index is 5.97. The molecule has 2 rings (SSSR count). The van der Waals surface area contributed by atoms with Crippen LogP contribution in [-0.4, -0.2) is 16.5 Å². The van der Waals surface area contributed by atoms with Gasteiger partial charge in [0.15, 0.2) is 0 Å². The van der Waals surface area contributed by atoms with Crippen LogP contribution in [0.25, 0.3) is 0 Å². The van der Waals surface area contributed by atoms with Crippen LogP contribution in [0.3, 0.4) is 0 Å². The number of aryl methyl sites for hydroxylation is 1. The molecule has 1 N–H and O–H groups in total. The molecule has 0 bridgehead atoms. The molecule has 1 aromatic heterocycles. The maximum Gasteiger partial charge on any atom is 0.219 e. The van der Waals surface area contributed by atoms with E-state index < -0.39 is 0 Å². The number of nitrogens with zero attached hydrogens (tertiary/aromatic N) is 2. The Bertz CT molecular complexity index is 557. The monoisotopic (exact) mass is 285 g/mol. The molecule has 2 aromatic rings. The van der Waals surface area contributed by atoms with E-state index in [9.17, 15) is 0 Å². The minimum Gasteiger partial charge on any atom is -0.470 e. The molecule has 0 aliphatic rings. The van der Waals surface area contributed by atoms with E-state index in [4.69, 9.17) is 4.74 Å². The topological polar surface area (TPSA) is 47.0 Å². The fraction of sp³-hybridized carbons (Fsp3) is 0.412. The van der Waals surface area contributed by atoms with Crippen LogP contribution in [0.15, 0.2) is 36.4 Å². The quantitative estimate of drug-likeness (QED) is 0.835. The third-order valence-electron chi connectivity index (χ3n) is 3.19. The zero-order valence-electron chi connectivity index (χ0n) is 13.0. The van der Waals surface area contributed by atoms with Crippen LogP contribution < -0.4 is 10.1 Å². The highest BCUT2D eigenvalue weighted by atomic mass is 16.5. The smallest absolute Gasteiger partial charge is 0.219 e. The van der Waals surface area contributed by atoms with Crippen LogP contribution in [0.2, 0.25) is 0 Å². The fourth-order valence-corrected chi connectivity index (χ4v) is 2.01. The summed E-state index contributed by atoms with van der Waals surface area (Å²) in [6.45, 7) is 7.10. The molecule has 0 saturated heterocycles. The normalized spacial score (nSPS) is 12.0. The van der Waals surface area contributed by atoms with Crippen molar-refractivity contribution in [1.82, 2.24) is 9.97 Å². The maximum absolute atomic E-state index is 5.97. The first-order valence-electron chi connectivity index (χ1n) is 7.56. The van der Waals surface area contributed by atoms with Crippen molar-refractivity contribution >= 4 is 5.82 Å². The molecular formula is C17H23N3O. The zero-order chi connectivity index (χ0) is 15.1. The largest absolute Gasteiger partial charge is 0.470 e. The van der Waals surface area contributed by atoms with Crippen molar-refractivity contribution in [2.24, 2.45) is 0 Å². The minimum absolute atomic E-state index is 0.0372. The molecule has 0 fully saturated rings. The van der Waals surface area contributed by atoms with E-state index >= 15 is 0 Å². The molecule has 0 saturated carbocycles. The highest BCUT2D eigenvalue weighted by Crippen LogP contribution is 2.22. The first-order valence-corrected chi connectivity index (χ1v) is 7.56. The van der Waals surface area contributed by atoms with Gasteiger partial charge >= 0.3 is 0 Å². The van der Waals surface area contributed by atoms with E-state index in [0.717, 1.165) is 36.6 Å². The van der Waals surface area contributed by atoms with Crippen molar-refractivity contribution in [3.63, 3.8) is 0 Å². The Hall–Kier alpha value is -2.10. The molecule has 1 unspecified atom stereocenters. The predicted molar refractivity (Wildman–Crippen MR) is 85.7 cm³/mol. The average Bonchev–Trinajstić information content (AvgIpc) is 2.53. The molecule has 0 aliphatic heterocycles. The van der Waals surface area contributed by atoms with Crippen molar-refractivity contribution in [2.45, 2.75) is 39.7 Å². The molecule has 1 atom stereocenters. The van der Waals surface area contributed by atoms with Gasteiger partial charge in [-0.1, -0.05) is 44.2 Å². The fourth-order valence-electron chi connectivity index (χ4n) is 2.01. The van der Waals surface area contributed by atoms with Gasteiger partial charge in [0, 0.05) is 19.0 Å². The third-order valence-corrected chi connectivity index (χ3v) is 3.19. The molecular weight excluding hydrogens is 262 g/mol. The molecule has 4 heteroatoms. The molecule has 4 nitrogen and oxygen atoms in total. The summed E-state index contributed by atoms with van der Waals surface area (Å²) < 4.78 is 5.97. The Morgan fingerprint density at radius 3 is 2.57 bits per heavy atom. The summed E-state index contributed by atoms with van der Waals surface area (Å²) in [5.74, 6) is 2.25. The first-order chi connectivity index (χ1) is 10.2. The van der Waals surface area contributed by atoms with Crippen LogP contribution in [0.5, 0.6) is 5.88 Å². The SMILES string of the molecule is CCCNc1cc(OC(C)c2ccccc2)nc(CC)n1. The van der Waals surface area contributed by atoms with Gasteiger partial charge in [-0.15, -0.1) is 0 Å².